The van der Waals surface area contributed by atoms with E-state index in [1.165, 1.54) is 5.56 Å². The van der Waals surface area contributed by atoms with Gasteiger partial charge in [0.05, 0.1) is 29.3 Å². The van der Waals surface area contributed by atoms with Crippen LogP contribution in [-0.4, -0.2) is 82.8 Å². The normalized spacial score (nSPS) is 21.0. The number of pyridine rings is 1. The molecule has 1 saturated heterocycles. The van der Waals surface area contributed by atoms with Crippen molar-refractivity contribution in [2.45, 2.75) is 104 Å². The predicted octanol–water partition coefficient (Wildman–Crippen LogP) is 6.88. The van der Waals surface area contributed by atoms with Crippen LogP contribution in [0.15, 0.2) is 47.6 Å². The Morgan fingerprint density at radius 2 is 1.76 bits per heavy atom. The van der Waals surface area contributed by atoms with E-state index in [-0.39, 0.29) is 29.4 Å². The van der Waals surface area contributed by atoms with E-state index in [2.05, 4.69) is 54.4 Å². The zero-order valence-electron chi connectivity index (χ0n) is 28.3. The molecule has 2 N–H and O–H groups in total. The number of amides is 2. The van der Waals surface area contributed by atoms with Crippen molar-refractivity contribution in [1.29, 1.82) is 0 Å². The number of hydrogen-bond acceptors (Lipinski definition) is 5. The van der Waals surface area contributed by atoms with Gasteiger partial charge in [0.15, 0.2) is 0 Å². The fourth-order valence-corrected chi connectivity index (χ4v) is 7.70. The quantitative estimate of drug-likeness (QED) is 0.230. The maximum absolute atomic E-state index is 12.6. The summed E-state index contributed by atoms with van der Waals surface area (Å²) >= 11 is 0. The second-order valence-corrected chi connectivity index (χ2v) is 14.9. The van der Waals surface area contributed by atoms with E-state index in [0.29, 0.717) is 19.6 Å². The van der Waals surface area contributed by atoms with Crippen molar-refractivity contribution >= 4 is 29.2 Å². The van der Waals surface area contributed by atoms with E-state index in [1.54, 1.807) is 20.8 Å². The van der Waals surface area contributed by atoms with Gasteiger partial charge in [0.2, 0.25) is 5.96 Å². The highest BCUT2D eigenvalue weighted by Gasteiger charge is 2.45. The van der Waals surface area contributed by atoms with Gasteiger partial charge in [0.1, 0.15) is 5.82 Å². The molecule has 0 bridgehead atoms. The fourth-order valence-electron chi connectivity index (χ4n) is 7.70. The summed E-state index contributed by atoms with van der Waals surface area (Å²) in [4.78, 5) is 43.9. The van der Waals surface area contributed by atoms with Crippen LogP contribution in [0.1, 0.15) is 90.3 Å². The lowest BCUT2D eigenvalue weighted by Gasteiger charge is -2.51. The third-order valence-electron chi connectivity index (χ3n) is 9.40. The molecule has 3 atom stereocenters. The third kappa shape index (κ3) is 6.89. The molecule has 11 nitrogen and oxygen atoms in total. The van der Waals surface area contributed by atoms with E-state index < -0.39 is 17.7 Å². The summed E-state index contributed by atoms with van der Waals surface area (Å²) in [5.74, 6) is 1.01. The van der Waals surface area contributed by atoms with E-state index in [4.69, 9.17) is 9.97 Å². The number of aliphatic imine (C=N–C) groups is 1. The van der Waals surface area contributed by atoms with Gasteiger partial charge in [-0.05, 0) is 95.0 Å². The lowest BCUT2D eigenvalue weighted by Crippen LogP contribution is -2.63. The Morgan fingerprint density at radius 3 is 2.43 bits per heavy atom. The van der Waals surface area contributed by atoms with Crippen LogP contribution >= 0.6 is 0 Å². The van der Waals surface area contributed by atoms with Gasteiger partial charge in [-0.15, -0.1) is 4.99 Å². The average molecular weight is 632 g/mol. The Bertz CT molecular complexity index is 1600. The molecule has 5 rings (SSSR count). The second kappa shape index (κ2) is 13.0. The first-order chi connectivity index (χ1) is 21.7. The van der Waals surface area contributed by atoms with Crippen molar-refractivity contribution in [3.05, 3.63) is 59.7 Å². The number of imidazole rings is 1. The number of carboxylic acid groups (broad SMARTS) is 2. The number of aryl methyl sites for hydroxylation is 1. The molecule has 2 amide bonds. The third-order valence-corrected chi connectivity index (χ3v) is 9.40. The number of nitrogens with zero attached hydrogens (tertiary/aromatic N) is 7. The number of piperidine rings is 1. The van der Waals surface area contributed by atoms with Gasteiger partial charge in [-0.3, -0.25) is 9.88 Å². The van der Waals surface area contributed by atoms with Crippen molar-refractivity contribution in [1.82, 2.24) is 29.2 Å². The number of fused-ring (bicyclic) bond motifs is 2. The molecule has 1 aliphatic carbocycles. The van der Waals surface area contributed by atoms with Crippen LogP contribution < -0.4 is 0 Å². The summed E-state index contributed by atoms with van der Waals surface area (Å²) in [6.45, 7) is 13.5. The lowest BCUT2D eigenvalue weighted by molar-refractivity contribution is 0.0421. The molecule has 0 saturated carbocycles. The standard InChI is InChI=1S/C35H49N7O4/c1-34(2,3)30-24(15-12-20-40(30)31(38-32(43)44)42(33(45)46)35(4,5)6)21-41-26-17-9-8-16-25(26)37-28(41)22-39(7)27-18-10-13-23-14-11-19-36-29(23)27/h8-9,11,14,16-17,19,24,27,30H,10,12-13,15,18,20-22H2,1-7H3,(H,43,44)(H,45,46)/t24-,27-,30?/m1/s1. The van der Waals surface area contributed by atoms with Crippen LogP contribution in [0.4, 0.5) is 9.59 Å². The molecule has 1 aliphatic heterocycles. The number of hydrogen-bond donors (Lipinski definition) is 2. The molecular formula is C35H49N7O4. The van der Waals surface area contributed by atoms with E-state index in [9.17, 15) is 19.8 Å². The van der Waals surface area contributed by atoms with Gasteiger partial charge in [0, 0.05) is 30.9 Å². The van der Waals surface area contributed by atoms with Crippen molar-refractivity contribution in [3.63, 3.8) is 0 Å². The molecule has 3 aromatic rings. The number of para-hydroxylation sites is 2. The summed E-state index contributed by atoms with van der Waals surface area (Å²) < 4.78 is 2.33. The van der Waals surface area contributed by atoms with Crippen LogP contribution in [0.5, 0.6) is 0 Å². The number of rotatable bonds is 5. The maximum Gasteiger partial charge on any atom is 0.434 e. The molecule has 2 aliphatic rings. The summed E-state index contributed by atoms with van der Waals surface area (Å²) in [6.07, 6.45) is 4.15. The van der Waals surface area contributed by atoms with E-state index in [1.807, 2.05) is 35.4 Å². The molecule has 2 aromatic heterocycles. The van der Waals surface area contributed by atoms with Crippen LogP contribution in [-0.2, 0) is 19.5 Å². The average Bonchev–Trinajstić information content (AvgIpc) is 3.31. The highest BCUT2D eigenvalue weighted by atomic mass is 16.4. The van der Waals surface area contributed by atoms with Crippen LogP contribution in [0.2, 0.25) is 0 Å². The number of aromatic nitrogens is 3. The minimum atomic E-state index is -1.41. The Balaban J connectivity index is 1.53. The SMILES string of the molecule is CN(Cc1nc2ccccc2n1C[C@H]1CCCN(C(=NC(=O)O)N(C(=O)O)C(C)(C)C)C1C(C)(C)C)[C@@H]1CCCc2cccnc21. The van der Waals surface area contributed by atoms with Gasteiger partial charge in [-0.25, -0.2) is 19.5 Å². The van der Waals surface area contributed by atoms with Crippen LogP contribution in [0.3, 0.4) is 0 Å². The molecular weight excluding hydrogens is 582 g/mol. The summed E-state index contributed by atoms with van der Waals surface area (Å²) in [7, 11) is 2.15. The minimum absolute atomic E-state index is 0.0314. The predicted molar refractivity (Wildman–Crippen MR) is 179 cm³/mol. The molecule has 46 heavy (non-hydrogen) atoms. The number of carbonyl (C=O) groups is 2. The monoisotopic (exact) mass is 631 g/mol. The molecule has 0 spiro atoms. The first-order valence-corrected chi connectivity index (χ1v) is 16.4. The topological polar surface area (TPSA) is 127 Å². The highest BCUT2D eigenvalue weighted by molar-refractivity contribution is 5.99. The summed E-state index contributed by atoms with van der Waals surface area (Å²) in [5.41, 5.74) is 3.24. The first-order valence-electron chi connectivity index (χ1n) is 16.4. The largest absolute Gasteiger partial charge is 0.465 e. The zero-order valence-corrected chi connectivity index (χ0v) is 28.3. The van der Waals surface area contributed by atoms with E-state index in [0.717, 1.165) is 59.6 Å². The Labute approximate surface area is 271 Å². The van der Waals surface area contributed by atoms with Gasteiger partial charge in [-0.2, -0.15) is 0 Å². The fraction of sp³-hybridized carbons (Fsp3) is 0.571. The van der Waals surface area contributed by atoms with Crippen molar-refractivity contribution in [2.75, 3.05) is 13.6 Å². The highest BCUT2D eigenvalue weighted by Crippen LogP contribution is 2.40. The van der Waals surface area contributed by atoms with Crippen molar-refractivity contribution in [3.8, 4) is 0 Å². The number of likely N-dealkylation sites (tertiary alicyclic amines) is 1. The van der Waals surface area contributed by atoms with Gasteiger partial charge < -0.3 is 19.7 Å². The number of benzene rings is 1. The zero-order chi connectivity index (χ0) is 33.4. The Hall–Kier alpha value is -3.99. The summed E-state index contributed by atoms with van der Waals surface area (Å²) in [6, 6.07) is 12.4. The molecule has 0 radical (unpaired) electrons. The number of guanidine groups is 1. The van der Waals surface area contributed by atoms with Gasteiger partial charge in [0.25, 0.3) is 0 Å². The summed E-state index contributed by atoms with van der Waals surface area (Å²) in [5, 5.41) is 20.1. The Kier molecular flexibility index (Phi) is 9.45. The minimum Gasteiger partial charge on any atom is -0.465 e. The van der Waals surface area contributed by atoms with Crippen LogP contribution in [0.25, 0.3) is 11.0 Å². The molecule has 1 aromatic carbocycles. The van der Waals surface area contributed by atoms with E-state index >= 15 is 0 Å². The smallest absolute Gasteiger partial charge is 0.434 e. The van der Waals surface area contributed by atoms with Gasteiger partial charge in [-0.1, -0.05) is 39.0 Å². The maximum atomic E-state index is 12.6. The molecule has 1 unspecified atom stereocenters. The van der Waals surface area contributed by atoms with Gasteiger partial charge >= 0.3 is 12.2 Å². The first kappa shape index (κ1) is 33.4. The van der Waals surface area contributed by atoms with Crippen molar-refractivity contribution in [2.24, 2.45) is 16.3 Å². The van der Waals surface area contributed by atoms with Crippen molar-refractivity contribution < 1.29 is 19.8 Å². The molecule has 248 valence electrons. The van der Waals surface area contributed by atoms with Crippen LogP contribution in [0, 0.1) is 11.3 Å². The second-order valence-electron chi connectivity index (χ2n) is 14.9. The molecule has 3 heterocycles. The lowest BCUT2D eigenvalue weighted by atomic mass is 9.74. The molecule has 1 fully saturated rings. The molecule has 11 heteroatoms. The Morgan fingerprint density at radius 1 is 1.02 bits per heavy atom.